The summed E-state index contributed by atoms with van der Waals surface area (Å²) in [5.41, 5.74) is -1.74. The van der Waals surface area contributed by atoms with Gasteiger partial charge in [0, 0.05) is 25.8 Å². The summed E-state index contributed by atoms with van der Waals surface area (Å²) in [7, 11) is 0. The van der Waals surface area contributed by atoms with Crippen LogP contribution < -0.4 is 5.32 Å². The molecule has 0 aliphatic carbocycles. The van der Waals surface area contributed by atoms with Gasteiger partial charge < -0.3 is 30.2 Å². The van der Waals surface area contributed by atoms with Gasteiger partial charge in [0.2, 0.25) is 0 Å². The van der Waals surface area contributed by atoms with Crippen LogP contribution in [0.1, 0.15) is 39.7 Å². The van der Waals surface area contributed by atoms with Crippen LogP contribution in [0.4, 0.5) is 0 Å². The predicted molar refractivity (Wildman–Crippen MR) is 136 cm³/mol. The molecule has 1 amide bonds. The smallest absolute Gasteiger partial charge is 0.336 e. The van der Waals surface area contributed by atoms with E-state index < -0.39 is 36.4 Å². The molecule has 0 saturated heterocycles. The van der Waals surface area contributed by atoms with Crippen LogP contribution in [-0.2, 0) is 27.5 Å². The molecule has 3 aromatic rings. The second-order valence-electron chi connectivity index (χ2n) is 8.26. The van der Waals surface area contributed by atoms with Crippen LogP contribution in [0, 0.1) is 6.92 Å². The number of pyridine rings is 1. The third kappa shape index (κ3) is 10.5. The van der Waals surface area contributed by atoms with Gasteiger partial charge in [-0.1, -0.05) is 12.1 Å². The van der Waals surface area contributed by atoms with Crippen molar-refractivity contribution in [3.05, 3.63) is 76.1 Å². The Bertz CT molecular complexity index is 1180. The first-order valence-electron chi connectivity index (χ1n) is 11.4. The number of aryl methyl sites for hydroxylation is 1. The summed E-state index contributed by atoms with van der Waals surface area (Å²) in [6, 6.07) is 13.6. The maximum absolute atomic E-state index is 12.1. The van der Waals surface area contributed by atoms with Gasteiger partial charge in [0.05, 0.1) is 30.0 Å². The molecule has 204 valence electrons. The second kappa shape index (κ2) is 14.6. The summed E-state index contributed by atoms with van der Waals surface area (Å²) in [5, 5.41) is 38.7. The van der Waals surface area contributed by atoms with E-state index in [-0.39, 0.29) is 5.91 Å². The summed E-state index contributed by atoms with van der Waals surface area (Å²) in [5.74, 6) is -3.23. The Labute approximate surface area is 222 Å². The van der Waals surface area contributed by atoms with Crippen molar-refractivity contribution in [1.82, 2.24) is 15.2 Å². The number of rotatable bonds is 13. The van der Waals surface area contributed by atoms with E-state index in [1.807, 2.05) is 54.8 Å². The number of nitrogens with one attached hydrogen (secondary N) is 1. The molecule has 12 nitrogen and oxygen atoms in total. The molecule has 0 aromatic carbocycles. The number of aliphatic carboxylic acids is 3. The highest BCUT2D eigenvalue weighted by atomic mass is 32.1. The Morgan fingerprint density at radius 2 is 1.71 bits per heavy atom. The fraction of sp³-hybridized carbons (Fsp3) is 0.320. The van der Waals surface area contributed by atoms with Crippen molar-refractivity contribution in [2.24, 2.45) is 0 Å². The van der Waals surface area contributed by atoms with Crippen LogP contribution in [0.25, 0.3) is 0 Å². The van der Waals surface area contributed by atoms with E-state index in [1.54, 1.807) is 6.20 Å². The van der Waals surface area contributed by atoms with Crippen LogP contribution in [0.3, 0.4) is 0 Å². The predicted octanol–water partition coefficient (Wildman–Crippen LogP) is 2.23. The Morgan fingerprint density at radius 3 is 2.21 bits per heavy atom. The van der Waals surface area contributed by atoms with Gasteiger partial charge in [-0.2, -0.15) is 0 Å². The third-order valence-electron chi connectivity index (χ3n) is 5.03. The zero-order valence-electron chi connectivity index (χ0n) is 20.6. The summed E-state index contributed by atoms with van der Waals surface area (Å²) in [4.78, 5) is 49.9. The van der Waals surface area contributed by atoms with Gasteiger partial charge in [0.25, 0.3) is 5.91 Å². The number of nitrogens with zero attached hydrogens (tertiary/aromatic N) is 2. The first kappa shape index (κ1) is 30.2. The summed E-state index contributed by atoms with van der Waals surface area (Å²) >= 11 is 1.45. The molecule has 3 heterocycles. The summed E-state index contributed by atoms with van der Waals surface area (Å²) in [6.45, 7) is 4.61. The van der Waals surface area contributed by atoms with E-state index in [0.29, 0.717) is 26.2 Å². The molecule has 0 saturated carbocycles. The molecular weight excluding hydrogens is 518 g/mol. The molecule has 0 atom stereocenters. The third-order valence-corrected chi connectivity index (χ3v) is 5.90. The average molecular weight is 548 g/mol. The molecule has 3 rings (SSSR count). The topological polar surface area (TPSA) is 190 Å². The number of carbonyl (C=O) groups is 4. The van der Waals surface area contributed by atoms with Crippen molar-refractivity contribution in [3.63, 3.8) is 0 Å². The van der Waals surface area contributed by atoms with Gasteiger partial charge in [0.15, 0.2) is 5.60 Å². The van der Waals surface area contributed by atoms with E-state index in [9.17, 15) is 19.2 Å². The quantitative estimate of drug-likeness (QED) is 0.211. The van der Waals surface area contributed by atoms with Gasteiger partial charge in [0.1, 0.15) is 11.5 Å². The fourth-order valence-electron chi connectivity index (χ4n) is 3.26. The minimum absolute atomic E-state index is 0.0263. The number of carbonyl (C=O) groups excluding carboxylic acids is 1. The zero-order chi connectivity index (χ0) is 28.1. The Balaban J connectivity index is 0.000000332. The van der Waals surface area contributed by atoms with Crippen LogP contribution >= 0.6 is 11.3 Å². The lowest BCUT2D eigenvalue weighted by Gasteiger charge is -2.21. The van der Waals surface area contributed by atoms with Gasteiger partial charge >= 0.3 is 17.9 Å². The molecule has 3 aromatic heterocycles. The van der Waals surface area contributed by atoms with Crippen LogP contribution in [0.5, 0.6) is 0 Å². The maximum atomic E-state index is 12.1. The van der Waals surface area contributed by atoms with Gasteiger partial charge in [-0.25, -0.2) is 4.79 Å². The Kier molecular flexibility index (Phi) is 11.6. The van der Waals surface area contributed by atoms with E-state index in [1.165, 1.54) is 11.3 Å². The maximum Gasteiger partial charge on any atom is 0.336 e. The van der Waals surface area contributed by atoms with Gasteiger partial charge in [-0.05, 0) is 42.6 Å². The average Bonchev–Trinajstić information content (AvgIpc) is 3.51. The molecule has 0 bridgehead atoms. The minimum atomic E-state index is -2.74. The monoisotopic (exact) mass is 547 g/mol. The molecule has 38 heavy (non-hydrogen) atoms. The lowest BCUT2D eigenvalue weighted by Crippen LogP contribution is -2.42. The highest BCUT2D eigenvalue weighted by Crippen LogP contribution is 2.16. The lowest BCUT2D eigenvalue weighted by atomic mass is 9.96. The molecular formula is C25H29N3O9S. The molecule has 0 fully saturated rings. The highest BCUT2D eigenvalue weighted by Gasteiger charge is 2.40. The largest absolute Gasteiger partial charge is 0.481 e. The number of thiophene rings is 1. The number of amides is 1. The highest BCUT2D eigenvalue weighted by molar-refractivity contribution is 7.12. The molecule has 5 N–H and O–H groups in total. The van der Waals surface area contributed by atoms with Gasteiger partial charge in [-0.15, -0.1) is 11.3 Å². The van der Waals surface area contributed by atoms with E-state index in [0.717, 1.165) is 22.1 Å². The van der Waals surface area contributed by atoms with Crippen LogP contribution in [0.2, 0.25) is 0 Å². The lowest BCUT2D eigenvalue weighted by molar-refractivity contribution is -0.170. The number of aromatic nitrogens is 1. The van der Waals surface area contributed by atoms with Crippen molar-refractivity contribution in [2.45, 2.75) is 38.5 Å². The SMILES string of the molecule is Cc1ccc(CN(CCNC(=O)c2cccs2)Cc2ccccn2)o1.O=C(O)CC(O)(CC(=O)O)C(=O)O. The van der Waals surface area contributed by atoms with E-state index >= 15 is 0 Å². The molecule has 0 spiro atoms. The van der Waals surface area contributed by atoms with Crippen molar-refractivity contribution >= 4 is 35.2 Å². The molecule has 0 aliphatic rings. The van der Waals surface area contributed by atoms with E-state index in [4.69, 9.17) is 24.8 Å². The van der Waals surface area contributed by atoms with E-state index in [2.05, 4.69) is 15.2 Å². The standard InChI is InChI=1S/C19H21N3O2S.C6H8O7/c1-15-7-8-17(24-15)14-22(13-16-5-2-3-9-20-16)11-10-21-19(23)18-6-4-12-25-18;7-3(8)1-6(13,5(11)12)2-4(9)10/h2-9,12H,10-11,13-14H2,1H3,(H,21,23);13H,1-2H2,(H,7,8)(H,9,10)(H,11,12). The van der Waals surface area contributed by atoms with Crippen molar-refractivity contribution < 1.29 is 44.0 Å². The number of carboxylic acids is 3. The Hall–Kier alpha value is -4.07. The fourth-order valence-corrected chi connectivity index (χ4v) is 3.90. The van der Waals surface area contributed by atoms with Crippen molar-refractivity contribution in [2.75, 3.05) is 13.1 Å². The molecule has 13 heteroatoms. The number of carboxylic acid groups (broad SMARTS) is 3. The van der Waals surface area contributed by atoms with Crippen molar-refractivity contribution in [1.29, 1.82) is 0 Å². The number of hydrogen-bond donors (Lipinski definition) is 5. The van der Waals surface area contributed by atoms with Crippen molar-refractivity contribution in [3.8, 4) is 0 Å². The minimum Gasteiger partial charge on any atom is -0.481 e. The normalized spacial score (nSPS) is 10.9. The number of aliphatic hydroxyl groups is 1. The van der Waals surface area contributed by atoms with Gasteiger partial charge in [-0.3, -0.25) is 24.3 Å². The summed E-state index contributed by atoms with van der Waals surface area (Å²) < 4.78 is 5.69. The number of furan rings is 1. The number of hydrogen-bond acceptors (Lipinski definition) is 9. The van der Waals surface area contributed by atoms with Crippen LogP contribution in [-0.4, -0.2) is 72.8 Å². The Morgan fingerprint density at radius 1 is 1.00 bits per heavy atom. The molecule has 0 aliphatic heterocycles. The van der Waals surface area contributed by atoms with Crippen LogP contribution in [0.15, 0.2) is 58.5 Å². The first-order valence-corrected chi connectivity index (χ1v) is 12.2. The first-order chi connectivity index (χ1) is 18.0. The second-order valence-corrected chi connectivity index (χ2v) is 9.20. The summed E-state index contributed by atoms with van der Waals surface area (Å²) in [6.07, 6.45) is -0.494. The molecule has 0 unspecified atom stereocenters. The molecule has 0 radical (unpaired) electrons. The zero-order valence-corrected chi connectivity index (χ0v) is 21.4.